The molecule has 4 rings (SSSR count). The molecule has 14 heteroatoms. The van der Waals surface area contributed by atoms with E-state index in [9.17, 15) is 26.3 Å². The van der Waals surface area contributed by atoms with Crippen LogP contribution in [0, 0.1) is 17.1 Å². The van der Waals surface area contributed by atoms with Crippen molar-refractivity contribution in [1.82, 2.24) is 24.7 Å². The van der Waals surface area contributed by atoms with Gasteiger partial charge in [0.05, 0.1) is 11.6 Å². The van der Waals surface area contributed by atoms with Crippen molar-refractivity contribution in [2.24, 2.45) is 0 Å². The number of alkyl halides is 5. The van der Waals surface area contributed by atoms with E-state index in [0.717, 1.165) is 23.0 Å². The molecule has 0 spiro atoms. The molecule has 32 heavy (non-hydrogen) atoms. The Hall–Kier alpha value is -3.89. The zero-order valence-corrected chi connectivity index (χ0v) is 15.8. The monoisotopic (exact) mass is 454 g/mol. The fraction of sp³-hybridized carbons (Fsp3) is 0.278. The van der Waals surface area contributed by atoms with Gasteiger partial charge in [0.25, 0.3) is 11.9 Å². The Morgan fingerprint density at radius 3 is 2.44 bits per heavy atom. The van der Waals surface area contributed by atoms with Crippen LogP contribution in [0.25, 0.3) is 5.95 Å². The highest BCUT2D eigenvalue weighted by Crippen LogP contribution is 2.38. The van der Waals surface area contributed by atoms with E-state index >= 15 is 0 Å². The molecule has 3 aromatic rings. The fourth-order valence-electron chi connectivity index (χ4n) is 2.98. The Kier molecular flexibility index (Phi) is 5.11. The van der Waals surface area contributed by atoms with Gasteiger partial charge in [-0.25, -0.2) is 17.9 Å². The standard InChI is InChI=1S/C18H12F6N8/c19-10-3-9(8-25)4-11(5-10)26-14-28-15(27-12-6-17(20,21)7-12)30-16(29-14)32-2-1-13(31-32)18(22,23)24/h1-5,12H,6-7H2,(H2,26,27,28,29,30). The fourth-order valence-corrected chi connectivity index (χ4v) is 2.98. The van der Waals surface area contributed by atoms with Crippen LogP contribution in [-0.2, 0) is 6.18 Å². The van der Waals surface area contributed by atoms with Gasteiger partial charge in [-0.05, 0) is 24.3 Å². The predicted molar refractivity (Wildman–Crippen MR) is 97.9 cm³/mol. The lowest BCUT2D eigenvalue weighted by atomic mass is 9.88. The SMILES string of the molecule is N#Cc1cc(F)cc(Nc2nc(NC3CC(F)(F)C3)nc(-n3ccc(C(F)(F)F)n3)n2)c1. The van der Waals surface area contributed by atoms with E-state index in [1.165, 1.54) is 6.07 Å². The molecule has 1 saturated carbocycles. The summed E-state index contributed by atoms with van der Waals surface area (Å²) in [5, 5.41) is 17.6. The van der Waals surface area contributed by atoms with E-state index in [1.54, 1.807) is 6.07 Å². The minimum atomic E-state index is -4.70. The Morgan fingerprint density at radius 1 is 1.09 bits per heavy atom. The molecule has 1 aromatic carbocycles. The topological polar surface area (TPSA) is 104 Å². The first-order valence-electron chi connectivity index (χ1n) is 9.02. The van der Waals surface area contributed by atoms with Gasteiger partial charge in [-0.15, -0.1) is 0 Å². The molecule has 2 N–H and O–H groups in total. The van der Waals surface area contributed by atoms with Crippen molar-refractivity contribution in [2.45, 2.75) is 31.0 Å². The first-order valence-corrected chi connectivity index (χ1v) is 9.02. The maximum atomic E-state index is 13.7. The van der Waals surface area contributed by atoms with Crippen molar-refractivity contribution in [3.63, 3.8) is 0 Å². The summed E-state index contributed by atoms with van der Waals surface area (Å²) >= 11 is 0. The summed E-state index contributed by atoms with van der Waals surface area (Å²) in [4.78, 5) is 11.9. The van der Waals surface area contributed by atoms with Crippen molar-refractivity contribution in [2.75, 3.05) is 10.6 Å². The summed E-state index contributed by atoms with van der Waals surface area (Å²) in [5.41, 5.74) is -1.11. The molecule has 0 unspecified atom stereocenters. The van der Waals surface area contributed by atoms with Gasteiger partial charge >= 0.3 is 6.18 Å². The van der Waals surface area contributed by atoms with Crippen LogP contribution in [-0.4, -0.2) is 36.7 Å². The predicted octanol–water partition coefficient (Wildman–Crippen LogP) is 4.04. The third kappa shape index (κ3) is 4.71. The lowest BCUT2D eigenvalue weighted by molar-refractivity contribution is -0.141. The van der Waals surface area contributed by atoms with Gasteiger partial charge in [0.15, 0.2) is 5.69 Å². The number of hydrogen-bond donors (Lipinski definition) is 2. The third-order valence-corrected chi connectivity index (χ3v) is 4.41. The smallest absolute Gasteiger partial charge is 0.351 e. The molecule has 2 heterocycles. The quantitative estimate of drug-likeness (QED) is 0.561. The van der Waals surface area contributed by atoms with Crippen LogP contribution in [0.1, 0.15) is 24.1 Å². The zero-order valence-electron chi connectivity index (χ0n) is 15.8. The van der Waals surface area contributed by atoms with Gasteiger partial charge in [0.1, 0.15) is 5.82 Å². The normalized spacial score (nSPS) is 15.7. The maximum absolute atomic E-state index is 13.7. The van der Waals surface area contributed by atoms with Crippen LogP contribution in [0.2, 0.25) is 0 Å². The molecular formula is C18H12F6N8. The van der Waals surface area contributed by atoms with E-state index in [2.05, 4.69) is 30.7 Å². The summed E-state index contributed by atoms with van der Waals surface area (Å²) < 4.78 is 79.4. The minimum absolute atomic E-state index is 0.00118. The molecule has 0 aliphatic heterocycles. The Bertz CT molecular complexity index is 1190. The van der Waals surface area contributed by atoms with Gasteiger partial charge in [-0.2, -0.15) is 38.5 Å². The van der Waals surface area contributed by atoms with Gasteiger partial charge < -0.3 is 10.6 Å². The third-order valence-electron chi connectivity index (χ3n) is 4.41. The number of hydrogen-bond acceptors (Lipinski definition) is 7. The Balaban J connectivity index is 1.68. The number of nitriles is 1. The summed E-state index contributed by atoms with van der Waals surface area (Å²) in [6, 6.07) is 5.16. The molecule has 0 atom stereocenters. The number of nitrogens with zero attached hydrogens (tertiary/aromatic N) is 6. The van der Waals surface area contributed by atoms with E-state index in [-0.39, 0.29) is 29.1 Å². The van der Waals surface area contributed by atoms with Crippen LogP contribution < -0.4 is 10.6 Å². The highest BCUT2D eigenvalue weighted by Gasteiger charge is 2.45. The Labute approximate surface area is 175 Å². The van der Waals surface area contributed by atoms with Gasteiger partial charge in [0, 0.05) is 30.8 Å². The maximum Gasteiger partial charge on any atom is 0.435 e. The number of anilines is 3. The minimum Gasteiger partial charge on any atom is -0.351 e. The Morgan fingerprint density at radius 2 is 1.81 bits per heavy atom. The molecule has 2 aromatic heterocycles. The molecule has 1 aliphatic rings. The molecule has 166 valence electrons. The summed E-state index contributed by atoms with van der Waals surface area (Å²) in [5.74, 6) is -4.32. The van der Waals surface area contributed by atoms with E-state index < -0.39 is 42.5 Å². The molecule has 0 bridgehead atoms. The molecule has 1 aliphatic carbocycles. The second-order valence-corrected chi connectivity index (χ2v) is 7.00. The second kappa shape index (κ2) is 7.66. The molecule has 0 radical (unpaired) electrons. The van der Waals surface area contributed by atoms with Crippen molar-refractivity contribution < 1.29 is 26.3 Å². The van der Waals surface area contributed by atoms with Gasteiger partial charge in [-0.3, -0.25) is 0 Å². The molecule has 8 nitrogen and oxygen atoms in total. The summed E-state index contributed by atoms with van der Waals surface area (Å²) in [7, 11) is 0. The second-order valence-electron chi connectivity index (χ2n) is 7.00. The first kappa shape index (κ1) is 21.3. The lowest BCUT2D eigenvalue weighted by Gasteiger charge is -2.35. The van der Waals surface area contributed by atoms with Crippen molar-refractivity contribution in [3.05, 3.63) is 47.5 Å². The number of benzene rings is 1. The van der Waals surface area contributed by atoms with E-state index in [0.29, 0.717) is 6.07 Å². The number of nitrogens with one attached hydrogen (secondary N) is 2. The highest BCUT2D eigenvalue weighted by atomic mass is 19.4. The number of aromatic nitrogens is 5. The van der Waals surface area contributed by atoms with E-state index in [1.807, 2.05) is 0 Å². The summed E-state index contributed by atoms with van der Waals surface area (Å²) in [6.45, 7) is 0. The van der Waals surface area contributed by atoms with Crippen LogP contribution >= 0.6 is 0 Å². The average Bonchev–Trinajstić information content (AvgIpc) is 3.16. The van der Waals surface area contributed by atoms with Gasteiger partial charge in [-0.1, -0.05) is 0 Å². The molecule has 1 fully saturated rings. The number of halogens is 6. The van der Waals surface area contributed by atoms with Crippen molar-refractivity contribution in [1.29, 1.82) is 5.26 Å². The summed E-state index contributed by atoms with van der Waals surface area (Å²) in [6.07, 6.45) is -4.66. The lowest BCUT2D eigenvalue weighted by Crippen LogP contribution is -2.44. The average molecular weight is 454 g/mol. The largest absolute Gasteiger partial charge is 0.435 e. The first-order chi connectivity index (χ1) is 15.0. The van der Waals surface area contributed by atoms with Crippen LogP contribution in [0.5, 0.6) is 0 Å². The van der Waals surface area contributed by atoms with Crippen LogP contribution in [0.15, 0.2) is 30.5 Å². The van der Waals surface area contributed by atoms with Crippen LogP contribution in [0.3, 0.4) is 0 Å². The van der Waals surface area contributed by atoms with E-state index in [4.69, 9.17) is 5.26 Å². The van der Waals surface area contributed by atoms with Gasteiger partial charge in [0.2, 0.25) is 11.9 Å². The molecule has 0 saturated heterocycles. The molecular weight excluding hydrogens is 442 g/mol. The van der Waals surface area contributed by atoms with Crippen LogP contribution in [0.4, 0.5) is 43.9 Å². The zero-order chi connectivity index (χ0) is 23.1. The highest BCUT2D eigenvalue weighted by molar-refractivity contribution is 5.57. The van der Waals surface area contributed by atoms with Crippen molar-refractivity contribution >= 4 is 17.6 Å². The number of rotatable bonds is 5. The van der Waals surface area contributed by atoms with Crippen molar-refractivity contribution in [3.8, 4) is 12.0 Å². The molecule has 0 amide bonds.